The molecule has 196 valence electrons. The van der Waals surface area contributed by atoms with Gasteiger partial charge in [-0.2, -0.15) is 5.26 Å². The fourth-order valence-corrected chi connectivity index (χ4v) is 4.96. The molecule has 38 heavy (non-hydrogen) atoms. The number of carboxylic acid groups (broad SMARTS) is 1. The molecular weight excluding hydrogens is 476 g/mol. The monoisotopic (exact) mass is 510 g/mol. The van der Waals surface area contributed by atoms with Crippen LogP contribution in [0.1, 0.15) is 68.6 Å². The summed E-state index contributed by atoms with van der Waals surface area (Å²) in [6.45, 7) is 3.15. The molecule has 2 aromatic carbocycles. The molecule has 0 saturated carbocycles. The van der Waals surface area contributed by atoms with E-state index in [1.54, 1.807) is 12.1 Å². The molecule has 1 N–H and O–H groups in total. The maximum atomic E-state index is 12.6. The zero-order valence-electron chi connectivity index (χ0n) is 21.9. The summed E-state index contributed by atoms with van der Waals surface area (Å²) in [5, 5.41) is 18.6. The number of rotatable bonds is 11. The van der Waals surface area contributed by atoms with E-state index in [1.165, 1.54) is 61.8 Å². The number of carboxylic acids is 1. The predicted molar refractivity (Wildman–Crippen MR) is 152 cm³/mol. The lowest BCUT2D eigenvalue weighted by Crippen LogP contribution is -2.24. The van der Waals surface area contributed by atoms with Gasteiger partial charge < -0.3 is 14.4 Å². The normalized spacial score (nSPS) is 13.6. The van der Waals surface area contributed by atoms with Crippen molar-refractivity contribution in [3.8, 4) is 6.07 Å². The first-order valence-corrected chi connectivity index (χ1v) is 13.5. The summed E-state index contributed by atoms with van der Waals surface area (Å²) < 4.78 is 5.64. The molecule has 6 nitrogen and oxygen atoms in total. The second-order valence-corrected chi connectivity index (χ2v) is 9.80. The number of carbonyl (C=O) groups is 1. The Morgan fingerprint density at radius 1 is 1.11 bits per heavy atom. The maximum Gasteiger partial charge on any atom is 0.346 e. The molecule has 1 aliphatic rings. The minimum Gasteiger partial charge on any atom is -0.477 e. The number of unbranched alkanes of at least 4 members (excludes halogenated alkanes) is 5. The number of hydrogen-bond donors (Lipinski definition) is 1. The molecule has 1 aliphatic heterocycles. The largest absolute Gasteiger partial charge is 0.477 e. The minimum absolute atomic E-state index is 0.296. The summed E-state index contributed by atoms with van der Waals surface area (Å²) in [6.07, 6.45) is 14.9. The van der Waals surface area contributed by atoms with Crippen LogP contribution in [0.2, 0.25) is 0 Å². The van der Waals surface area contributed by atoms with Crippen molar-refractivity contribution in [2.24, 2.45) is 0 Å². The van der Waals surface area contributed by atoms with E-state index in [-0.39, 0.29) is 0 Å². The van der Waals surface area contributed by atoms with Crippen molar-refractivity contribution in [2.75, 3.05) is 11.4 Å². The first-order chi connectivity index (χ1) is 18.5. The Hall–Kier alpha value is -4.11. The van der Waals surface area contributed by atoms with Crippen LogP contribution in [0.5, 0.6) is 0 Å². The molecule has 0 bridgehead atoms. The van der Waals surface area contributed by atoms with Crippen molar-refractivity contribution in [2.45, 2.75) is 64.7 Å². The predicted octanol–water partition coefficient (Wildman–Crippen LogP) is 7.33. The average molecular weight is 511 g/mol. The summed E-state index contributed by atoms with van der Waals surface area (Å²) in [6, 6.07) is 16.2. The zero-order chi connectivity index (χ0) is 26.9. The molecule has 0 atom stereocenters. The molecule has 0 saturated heterocycles. The second kappa shape index (κ2) is 12.9. The third kappa shape index (κ3) is 6.60. The number of nitriles is 1. The van der Waals surface area contributed by atoms with Crippen molar-refractivity contribution in [3.05, 3.63) is 87.3 Å². The van der Waals surface area contributed by atoms with Gasteiger partial charge in [0, 0.05) is 29.4 Å². The number of aliphatic carboxylic acids is 1. The standard InChI is InChI=1S/C32H34N2O4/c1-2-3-4-5-6-7-10-23-14-16-28(17-15-23)34-18-9-13-24-19-27-20-25(11-8-12-26(22-33)31(35)36)32(37)38-30(27)21-29(24)34/h8,11-12,14-17,19-21H,2-7,9-10,13,18H2,1H3,(H,35,36)/b11-8+,26-12+. The van der Waals surface area contributed by atoms with E-state index in [2.05, 4.69) is 42.2 Å². The van der Waals surface area contributed by atoms with Crippen LogP contribution < -0.4 is 10.5 Å². The second-order valence-electron chi connectivity index (χ2n) is 9.80. The molecule has 2 heterocycles. The van der Waals surface area contributed by atoms with E-state index in [0.717, 1.165) is 48.6 Å². The number of nitrogens with zero attached hydrogens (tertiary/aromatic N) is 2. The number of fused-ring (bicyclic) bond motifs is 2. The van der Waals surface area contributed by atoms with Crippen LogP contribution in [0.25, 0.3) is 17.0 Å². The van der Waals surface area contributed by atoms with E-state index < -0.39 is 17.2 Å². The van der Waals surface area contributed by atoms with Gasteiger partial charge in [0.1, 0.15) is 17.2 Å². The van der Waals surface area contributed by atoms with E-state index in [1.807, 2.05) is 6.07 Å². The van der Waals surface area contributed by atoms with Crippen LogP contribution in [0.15, 0.2) is 69.4 Å². The Labute approximate surface area is 223 Å². The number of hydrogen-bond acceptors (Lipinski definition) is 5. The topological polar surface area (TPSA) is 94.5 Å². The van der Waals surface area contributed by atoms with Crippen LogP contribution in [-0.4, -0.2) is 17.6 Å². The highest BCUT2D eigenvalue weighted by Crippen LogP contribution is 2.36. The number of allylic oxidation sites excluding steroid dienone is 2. The van der Waals surface area contributed by atoms with E-state index in [4.69, 9.17) is 14.8 Å². The molecule has 0 aliphatic carbocycles. The SMILES string of the molecule is CCCCCCCCc1ccc(N2CCCc3cc4cc(/C=C/C=C(\C#N)C(=O)O)c(=O)oc4cc32)cc1. The lowest BCUT2D eigenvalue weighted by Gasteiger charge is -2.31. The molecule has 0 radical (unpaired) electrons. The van der Waals surface area contributed by atoms with E-state index in [9.17, 15) is 9.59 Å². The van der Waals surface area contributed by atoms with Gasteiger partial charge in [0.2, 0.25) is 0 Å². The highest BCUT2D eigenvalue weighted by molar-refractivity contribution is 5.91. The van der Waals surface area contributed by atoms with Gasteiger partial charge in [0.25, 0.3) is 0 Å². The van der Waals surface area contributed by atoms with Crippen molar-refractivity contribution in [1.29, 1.82) is 5.26 Å². The van der Waals surface area contributed by atoms with Crippen molar-refractivity contribution >= 4 is 34.4 Å². The van der Waals surface area contributed by atoms with Crippen molar-refractivity contribution in [1.82, 2.24) is 0 Å². The average Bonchev–Trinajstić information content (AvgIpc) is 2.92. The summed E-state index contributed by atoms with van der Waals surface area (Å²) in [5.41, 5.74) is 4.64. The van der Waals surface area contributed by atoms with Crippen LogP contribution >= 0.6 is 0 Å². The number of aryl methyl sites for hydroxylation is 2. The number of anilines is 2. The Morgan fingerprint density at radius 2 is 1.87 bits per heavy atom. The Balaban J connectivity index is 1.52. The molecule has 6 heteroatoms. The molecule has 3 aromatic rings. The van der Waals surface area contributed by atoms with Crippen LogP contribution in [-0.2, 0) is 17.6 Å². The smallest absolute Gasteiger partial charge is 0.346 e. The van der Waals surface area contributed by atoms with Crippen LogP contribution in [0, 0.1) is 11.3 Å². The molecule has 1 aromatic heterocycles. The summed E-state index contributed by atoms with van der Waals surface area (Å²) in [7, 11) is 0. The fraction of sp³-hybridized carbons (Fsp3) is 0.344. The van der Waals surface area contributed by atoms with Crippen LogP contribution in [0.4, 0.5) is 11.4 Å². The third-order valence-electron chi connectivity index (χ3n) is 7.04. The number of benzene rings is 2. The van der Waals surface area contributed by atoms with Crippen molar-refractivity contribution < 1.29 is 14.3 Å². The third-order valence-corrected chi connectivity index (χ3v) is 7.04. The summed E-state index contributed by atoms with van der Waals surface area (Å²) >= 11 is 0. The Bertz CT molecular complexity index is 1440. The lowest BCUT2D eigenvalue weighted by atomic mass is 9.98. The zero-order valence-corrected chi connectivity index (χ0v) is 21.9. The first kappa shape index (κ1) is 26.9. The van der Waals surface area contributed by atoms with Gasteiger partial charge in [0.15, 0.2) is 0 Å². The molecule has 0 amide bonds. The van der Waals surface area contributed by atoms with Gasteiger partial charge in [-0.3, -0.25) is 0 Å². The van der Waals surface area contributed by atoms with Crippen molar-refractivity contribution in [3.63, 3.8) is 0 Å². The lowest BCUT2D eigenvalue weighted by molar-refractivity contribution is -0.132. The quantitative estimate of drug-likeness (QED) is 0.0954. The van der Waals surface area contributed by atoms with E-state index >= 15 is 0 Å². The highest BCUT2D eigenvalue weighted by atomic mass is 16.4. The molecule has 0 unspecified atom stereocenters. The summed E-state index contributed by atoms with van der Waals surface area (Å²) in [4.78, 5) is 25.9. The summed E-state index contributed by atoms with van der Waals surface area (Å²) in [5.74, 6) is -1.31. The molecule has 0 spiro atoms. The van der Waals surface area contributed by atoms with Gasteiger partial charge >= 0.3 is 11.6 Å². The molecule has 0 fully saturated rings. The minimum atomic E-state index is -1.31. The van der Waals surface area contributed by atoms with Gasteiger partial charge in [-0.1, -0.05) is 57.2 Å². The maximum absolute atomic E-state index is 12.6. The van der Waals surface area contributed by atoms with Crippen LogP contribution in [0.3, 0.4) is 0 Å². The molecular formula is C32H34N2O4. The van der Waals surface area contributed by atoms with E-state index in [0.29, 0.717) is 11.1 Å². The van der Waals surface area contributed by atoms with Gasteiger partial charge in [0.05, 0.1) is 5.56 Å². The highest BCUT2D eigenvalue weighted by Gasteiger charge is 2.20. The molecule has 4 rings (SSSR count). The van der Waals surface area contributed by atoms with Gasteiger partial charge in [-0.25, -0.2) is 9.59 Å². The van der Waals surface area contributed by atoms with Gasteiger partial charge in [-0.05, 0) is 73.2 Å². The van der Waals surface area contributed by atoms with Gasteiger partial charge in [-0.15, -0.1) is 0 Å². The Kier molecular flexibility index (Phi) is 9.16. The fourth-order valence-electron chi connectivity index (χ4n) is 4.96. The Morgan fingerprint density at radius 3 is 2.61 bits per heavy atom. The first-order valence-electron chi connectivity index (χ1n) is 13.5.